The lowest BCUT2D eigenvalue weighted by Gasteiger charge is -2.05. The van der Waals surface area contributed by atoms with Gasteiger partial charge in [0.15, 0.2) is 15.7 Å². The van der Waals surface area contributed by atoms with Gasteiger partial charge in [0.2, 0.25) is 5.91 Å². The van der Waals surface area contributed by atoms with Gasteiger partial charge in [-0.25, -0.2) is 8.42 Å². The van der Waals surface area contributed by atoms with Crippen molar-refractivity contribution in [1.82, 2.24) is 9.69 Å². The Balaban J connectivity index is 2.83. The highest BCUT2D eigenvalue weighted by Crippen LogP contribution is 2.30. The number of nitrogens with two attached hydrogens (primary N) is 1. The average molecular weight is 278 g/mol. The first-order valence-electron chi connectivity index (χ1n) is 4.82. The first-order chi connectivity index (χ1) is 7.86. The molecular formula is C8H14N4O3S2. The zero-order valence-electron chi connectivity index (χ0n) is 9.48. The fourth-order valence-electron chi connectivity index (χ4n) is 1.19. The number of hydrogen-bond donors (Lipinski definition) is 3. The maximum atomic E-state index is 11.5. The van der Waals surface area contributed by atoms with Crippen LogP contribution in [0, 0.1) is 0 Å². The lowest BCUT2D eigenvalue weighted by molar-refractivity contribution is -0.119. The Kier molecular flexibility index (Phi) is 4.29. The molecule has 9 heteroatoms. The molecule has 0 atom stereocenters. The Morgan fingerprint density at radius 1 is 1.53 bits per heavy atom. The summed E-state index contributed by atoms with van der Waals surface area (Å²) in [6.07, 6.45) is 1.05. The Morgan fingerprint density at radius 3 is 2.71 bits per heavy atom. The molecule has 0 saturated carbocycles. The van der Waals surface area contributed by atoms with Crippen LogP contribution in [0.15, 0.2) is 4.90 Å². The molecule has 0 aliphatic rings. The summed E-state index contributed by atoms with van der Waals surface area (Å²) < 4.78 is 26.7. The van der Waals surface area contributed by atoms with Gasteiger partial charge in [0.25, 0.3) is 0 Å². The standard InChI is InChI=1S/C8H14N4O3S2/c1-3-10-5(13)4-11-8-6(17(2,14)15)7(9)12-16-8/h11H,3-4H2,1-2H3,(H2,9,12)(H,10,13). The van der Waals surface area contributed by atoms with Crippen LogP contribution in [0.3, 0.4) is 0 Å². The van der Waals surface area contributed by atoms with Gasteiger partial charge in [-0.05, 0) is 18.5 Å². The van der Waals surface area contributed by atoms with Crippen LogP contribution in [-0.4, -0.2) is 38.0 Å². The molecule has 0 aromatic carbocycles. The van der Waals surface area contributed by atoms with Gasteiger partial charge in [-0.15, -0.1) is 0 Å². The summed E-state index contributed by atoms with van der Waals surface area (Å²) in [4.78, 5) is 11.2. The molecule has 0 radical (unpaired) electrons. The topological polar surface area (TPSA) is 114 Å². The molecule has 1 heterocycles. The maximum absolute atomic E-state index is 11.5. The van der Waals surface area contributed by atoms with E-state index in [4.69, 9.17) is 5.73 Å². The second-order valence-electron chi connectivity index (χ2n) is 3.31. The van der Waals surface area contributed by atoms with Gasteiger partial charge >= 0.3 is 0 Å². The largest absolute Gasteiger partial charge is 0.382 e. The number of nitrogens with one attached hydrogen (secondary N) is 2. The van der Waals surface area contributed by atoms with Gasteiger partial charge in [0.05, 0.1) is 6.54 Å². The second kappa shape index (κ2) is 5.32. The van der Waals surface area contributed by atoms with Crippen LogP contribution in [0.4, 0.5) is 10.8 Å². The lowest BCUT2D eigenvalue weighted by atomic mass is 10.5. The Bertz CT molecular complexity index is 509. The average Bonchev–Trinajstić information content (AvgIpc) is 2.56. The van der Waals surface area contributed by atoms with E-state index in [9.17, 15) is 13.2 Å². The fourth-order valence-corrected chi connectivity index (χ4v) is 3.25. The van der Waals surface area contributed by atoms with E-state index in [1.165, 1.54) is 0 Å². The number of sulfone groups is 1. The third-order valence-electron chi connectivity index (χ3n) is 1.83. The van der Waals surface area contributed by atoms with Crippen molar-refractivity contribution in [2.45, 2.75) is 11.8 Å². The van der Waals surface area contributed by atoms with Crippen molar-refractivity contribution in [3.05, 3.63) is 0 Å². The number of anilines is 2. The highest BCUT2D eigenvalue weighted by Gasteiger charge is 2.21. The van der Waals surface area contributed by atoms with E-state index in [2.05, 4.69) is 15.0 Å². The number of nitrogen functional groups attached to an aromatic ring is 1. The van der Waals surface area contributed by atoms with Crippen molar-refractivity contribution in [1.29, 1.82) is 0 Å². The van der Waals surface area contributed by atoms with E-state index in [0.717, 1.165) is 17.8 Å². The summed E-state index contributed by atoms with van der Waals surface area (Å²) in [6, 6.07) is 0. The second-order valence-corrected chi connectivity index (χ2v) is 6.03. The van der Waals surface area contributed by atoms with Crippen LogP contribution in [0.1, 0.15) is 6.92 Å². The summed E-state index contributed by atoms with van der Waals surface area (Å²) in [7, 11) is -3.45. The van der Waals surface area contributed by atoms with Crippen LogP contribution >= 0.6 is 11.5 Å². The van der Waals surface area contributed by atoms with Crippen molar-refractivity contribution >= 4 is 38.1 Å². The van der Waals surface area contributed by atoms with Crippen LogP contribution < -0.4 is 16.4 Å². The van der Waals surface area contributed by atoms with Gasteiger partial charge in [0, 0.05) is 12.8 Å². The third kappa shape index (κ3) is 3.56. The van der Waals surface area contributed by atoms with Crippen molar-refractivity contribution in [2.75, 3.05) is 30.4 Å². The molecule has 0 fully saturated rings. The molecule has 7 nitrogen and oxygen atoms in total. The maximum Gasteiger partial charge on any atom is 0.239 e. The Hall–Kier alpha value is -1.35. The molecule has 4 N–H and O–H groups in total. The number of carbonyl (C=O) groups is 1. The fraction of sp³-hybridized carbons (Fsp3) is 0.500. The molecule has 0 unspecified atom stereocenters. The minimum atomic E-state index is -3.45. The normalized spacial score (nSPS) is 11.2. The van der Waals surface area contributed by atoms with Crippen LogP contribution in [0.5, 0.6) is 0 Å². The number of rotatable bonds is 5. The zero-order valence-corrected chi connectivity index (χ0v) is 11.1. The highest BCUT2D eigenvalue weighted by molar-refractivity contribution is 7.91. The molecule has 0 bridgehead atoms. The first kappa shape index (κ1) is 13.7. The smallest absolute Gasteiger partial charge is 0.239 e. The van der Waals surface area contributed by atoms with Gasteiger partial charge in [-0.3, -0.25) is 4.79 Å². The van der Waals surface area contributed by atoms with E-state index in [1.54, 1.807) is 6.92 Å². The molecule has 1 amide bonds. The number of aromatic nitrogens is 1. The minimum absolute atomic E-state index is 0.0159. The van der Waals surface area contributed by atoms with Crippen LogP contribution in [0.25, 0.3) is 0 Å². The number of likely N-dealkylation sites (N-methyl/N-ethyl adjacent to an activating group) is 1. The molecule has 1 aromatic rings. The third-order valence-corrected chi connectivity index (χ3v) is 3.93. The predicted molar refractivity (Wildman–Crippen MR) is 66.8 cm³/mol. The number of amides is 1. The summed E-state index contributed by atoms with van der Waals surface area (Å²) in [5.41, 5.74) is 5.47. The van der Waals surface area contributed by atoms with Crippen molar-refractivity contribution in [3.63, 3.8) is 0 Å². The molecule has 96 valence electrons. The number of carbonyl (C=O) groups excluding carboxylic acids is 1. The molecule has 1 aromatic heterocycles. The highest BCUT2D eigenvalue weighted by atomic mass is 32.2. The van der Waals surface area contributed by atoms with Gasteiger partial charge in [-0.2, -0.15) is 4.37 Å². The SMILES string of the molecule is CCNC(=O)CNc1snc(N)c1S(C)(=O)=O. The summed E-state index contributed by atoms with van der Waals surface area (Å²) in [5, 5.41) is 5.58. The van der Waals surface area contributed by atoms with E-state index >= 15 is 0 Å². The number of hydrogen-bond acceptors (Lipinski definition) is 7. The zero-order chi connectivity index (χ0) is 13.1. The van der Waals surface area contributed by atoms with E-state index < -0.39 is 9.84 Å². The quantitative estimate of drug-likeness (QED) is 0.680. The monoisotopic (exact) mass is 278 g/mol. The van der Waals surface area contributed by atoms with E-state index in [0.29, 0.717) is 6.54 Å². The Labute approximate surface area is 103 Å². The van der Waals surface area contributed by atoms with Crippen molar-refractivity contribution in [3.8, 4) is 0 Å². The van der Waals surface area contributed by atoms with Crippen LogP contribution in [0.2, 0.25) is 0 Å². The summed E-state index contributed by atoms with van der Waals surface area (Å²) >= 11 is 0.918. The van der Waals surface area contributed by atoms with Crippen molar-refractivity contribution in [2.24, 2.45) is 0 Å². The first-order valence-corrected chi connectivity index (χ1v) is 7.48. The van der Waals surface area contributed by atoms with Crippen molar-refractivity contribution < 1.29 is 13.2 Å². The lowest BCUT2D eigenvalue weighted by Crippen LogP contribution is -2.29. The molecule has 0 saturated heterocycles. The number of nitrogens with zero attached hydrogens (tertiary/aromatic N) is 1. The summed E-state index contributed by atoms with van der Waals surface area (Å²) in [6.45, 7) is 2.30. The van der Waals surface area contributed by atoms with Gasteiger partial charge in [-0.1, -0.05) is 0 Å². The molecule has 1 rings (SSSR count). The molecule has 0 spiro atoms. The van der Waals surface area contributed by atoms with Crippen LogP contribution in [-0.2, 0) is 14.6 Å². The van der Waals surface area contributed by atoms with E-state index in [1.807, 2.05) is 0 Å². The summed E-state index contributed by atoms with van der Waals surface area (Å²) in [5.74, 6) is -0.269. The minimum Gasteiger partial charge on any atom is -0.382 e. The van der Waals surface area contributed by atoms with E-state index in [-0.39, 0.29) is 28.2 Å². The predicted octanol–water partition coefficient (Wildman–Crippen LogP) is -0.323. The van der Waals surface area contributed by atoms with Gasteiger partial charge in [0.1, 0.15) is 9.90 Å². The molecule has 0 aliphatic carbocycles. The van der Waals surface area contributed by atoms with Gasteiger partial charge < -0.3 is 16.4 Å². The Morgan fingerprint density at radius 2 is 2.18 bits per heavy atom. The molecular weight excluding hydrogens is 264 g/mol. The molecule has 0 aliphatic heterocycles. The molecule has 17 heavy (non-hydrogen) atoms.